The zero-order chi connectivity index (χ0) is 18.2. The van der Waals surface area contributed by atoms with Gasteiger partial charge in [0.05, 0.1) is 0 Å². The Bertz CT molecular complexity index is 867. The molecule has 0 heterocycles. The summed E-state index contributed by atoms with van der Waals surface area (Å²) in [4.78, 5) is 12.7. The number of hydrogen-bond acceptors (Lipinski definition) is 2. The lowest BCUT2D eigenvalue weighted by Gasteiger charge is -2.16. The molecule has 0 N–H and O–H groups in total. The summed E-state index contributed by atoms with van der Waals surface area (Å²) in [7, 11) is 4.13. The molecule has 2 heteroatoms. The van der Waals surface area contributed by atoms with Crippen molar-refractivity contribution >= 4 is 28.8 Å². The third kappa shape index (κ3) is 5.05. The van der Waals surface area contributed by atoms with Gasteiger partial charge in [-0.2, -0.15) is 0 Å². The van der Waals surface area contributed by atoms with E-state index in [4.69, 9.17) is 0 Å². The van der Waals surface area contributed by atoms with Crippen LogP contribution in [0.25, 0.3) is 16.8 Å². The van der Waals surface area contributed by atoms with Crippen LogP contribution >= 0.6 is 0 Å². The number of anilines is 1. The second-order valence-electron chi connectivity index (χ2n) is 6.27. The first kappa shape index (κ1) is 18.5. The maximum atomic E-state index is 10.5. The molecule has 0 aromatic heterocycles. The molecule has 0 aliphatic rings. The minimum absolute atomic E-state index is 0.713. The molecule has 0 spiro atoms. The number of rotatable bonds is 6. The van der Waals surface area contributed by atoms with Crippen molar-refractivity contribution < 1.29 is 4.79 Å². The van der Waals surface area contributed by atoms with Gasteiger partial charge in [0.15, 0.2) is 0 Å². The number of carbonyl (C=O) groups is 1. The van der Waals surface area contributed by atoms with Gasteiger partial charge >= 0.3 is 0 Å². The fraction of sp³-hybridized carbons (Fsp3) is 0.174. The summed E-state index contributed by atoms with van der Waals surface area (Å²) in [5.41, 5.74) is 4.29. The van der Waals surface area contributed by atoms with Crippen LogP contribution in [0.3, 0.4) is 0 Å². The molecule has 25 heavy (non-hydrogen) atoms. The van der Waals surface area contributed by atoms with Crippen LogP contribution < -0.4 is 4.90 Å². The molecule has 0 fully saturated rings. The SMILES string of the molecule is CC(C=O)=CC=CC=C(C)C=Cc1ccc(N(C)C)c2ccccc12. The normalized spacial score (nSPS) is 13.1. The van der Waals surface area contributed by atoms with Crippen LogP contribution in [0.4, 0.5) is 5.69 Å². The lowest BCUT2D eigenvalue weighted by atomic mass is 10.0. The second kappa shape index (κ2) is 8.84. The third-order valence-electron chi connectivity index (χ3n) is 3.96. The van der Waals surface area contributed by atoms with Gasteiger partial charge < -0.3 is 4.90 Å². The lowest BCUT2D eigenvalue weighted by molar-refractivity contribution is -0.104. The van der Waals surface area contributed by atoms with E-state index in [-0.39, 0.29) is 0 Å². The van der Waals surface area contributed by atoms with Gasteiger partial charge in [-0.1, -0.05) is 72.4 Å². The highest BCUT2D eigenvalue weighted by molar-refractivity contribution is 5.99. The van der Waals surface area contributed by atoms with Crippen LogP contribution in [0.15, 0.2) is 77.9 Å². The van der Waals surface area contributed by atoms with Crippen molar-refractivity contribution in [3.8, 4) is 0 Å². The van der Waals surface area contributed by atoms with E-state index in [1.807, 2.05) is 18.2 Å². The molecule has 0 aliphatic heterocycles. The highest BCUT2D eigenvalue weighted by atomic mass is 16.1. The molecule has 0 atom stereocenters. The zero-order valence-corrected chi connectivity index (χ0v) is 15.4. The van der Waals surface area contributed by atoms with Crippen molar-refractivity contribution in [1.29, 1.82) is 0 Å². The summed E-state index contributed by atoms with van der Waals surface area (Å²) in [6.07, 6.45) is 12.8. The molecule has 0 bridgehead atoms. The fourth-order valence-electron chi connectivity index (χ4n) is 2.57. The monoisotopic (exact) mass is 331 g/mol. The van der Waals surface area contributed by atoms with E-state index in [2.05, 4.69) is 74.5 Å². The minimum Gasteiger partial charge on any atom is -0.377 e. The molecule has 2 nitrogen and oxygen atoms in total. The maximum Gasteiger partial charge on any atom is 0.145 e. The van der Waals surface area contributed by atoms with Gasteiger partial charge in [-0.05, 0) is 36.4 Å². The average Bonchev–Trinajstić information content (AvgIpc) is 2.62. The van der Waals surface area contributed by atoms with Gasteiger partial charge in [0, 0.05) is 25.2 Å². The Hall–Kier alpha value is -2.87. The van der Waals surface area contributed by atoms with Crippen molar-refractivity contribution in [1.82, 2.24) is 0 Å². The smallest absolute Gasteiger partial charge is 0.145 e. The summed E-state index contributed by atoms with van der Waals surface area (Å²) >= 11 is 0. The van der Waals surface area contributed by atoms with Gasteiger partial charge in [-0.25, -0.2) is 0 Å². The van der Waals surface area contributed by atoms with Crippen LogP contribution in [0.1, 0.15) is 19.4 Å². The van der Waals surface area contributed by atoms with Crippen molar-refractivity contribution in [3.63, 3.8) is 0 Å². The molecular formula is C23H25NO. The highest BCUT2D eigenvalue weighted by Crippen LogP contribution is 2.29. The number of fused-ring (bicyclic) bond motifs is 1. The van der Waals surface area contributed by atoms with Gasteiger partial charge in [0.2, 0.25) is 0 Å². The van der Waals surface area contributed by atoms with E-state index in [0.717, 1.165) is 11.9 Å². The van der Waals surface area contributed by atoms with E-state index >= 15 is 0 Å². The standard InChI is InChI=1S/C23H25NO/c1-18(9-5-6-10-19(2)17-25)13-14-20-15-16-23(24(3)4)22-12-8-7-11-21(20)22/h5-17H,1-4H3. The Morgan fingerprint density at radius 2 is 1.52 bits per heavy atom. The van der Waals surface area contributed by atoms with E-state index in [0.29, 0.717) is 5.57 Å². The quantitative estimate of drug-likeness (QED) is 0.392. The number of aldehydes is 1. The molecule has 0 radical (unpaired) electrons. The first-order valence-corrected chi connectivity index (χ1v) is 8.37. The average molecular weight is 331 g/mol. The molecule has 2 aromatic rings. The molecule has 0 saturated carbocycles. The first-order valence-electron chi connectivity index (χ1n) is 8.37. The molecule has 0 saturated heterocycles. The van der Waals surface area contributed by atoms with Gasteiger partial charge in [0.25, 0.3) is 0 Å². The van der Waals surface area contributed by atoms with Crippen LogP contribution in [0.5, 0.6) is 0 Å². The Morgan fingerprint density at radius 1 is 0.880 bits per heavy atom. The third-order valence-corrected chi connectivity index (χ3v) is 3.96. The van der Waals surface area contributed by atoms with Gasteiger partial charge in [0.1, 0.15) is 6.29 Å². The van der Waals surface area contributed by atoms with Crippen LogP contribution in [0.2, 0.25) is 0 Å². The predicted octanol–water partition coefficient (Wildman–Crippen LogP) is 5.57. The molecule has 0 amide bonds. The molecule has 128 valence electrons. The fourth-order valence-corrected chi connectivity index (χ4v) is 2.57. The zero-order valence-electron chi connectivity index (χ0n) is 15.4. The number of allylic oxidation sites excluding steroid dienone is 7. The van der Waals surface area contributed by atoms with Gasteiger partial charge in [-0.15, -0.1) is 0 Å². The molecule has 0 unspecified atom stereocenters. The van der Waals surface area contributed by atoms with Crippen LogP contribution in [-0.2, 0) is 4.79 Å². The largest absolute Gasteiger partial charge is 0.377 e. The van der Waals surface area contributed by atoms with Crippen molar-refractivity contribution in [2.45, 2.75) is 13.8 Å². The minimum atomic E-state index is 0.713. The van der Waals surface area contributed by atoms with Gasteiger partial charge in [-0.3, -0.25) is 4.79 Å². The number of carbonyl (C=O) groups excluding carboxylic acids is 1. The molecule has 2 rings (SSSR count). The Labute approximate surface area is 150 Å². The highest BCUT2D eigenvalue weighted by Gasteiger charge is 2.05. The molecule has 0 aliphatic carbocycles. The number of nitrogens with zero attached hydrogens (tertiary/aromatic N) is 1. The van der Waals surface area contributed by atoms with Crippen molar-refractivity contribution in [2.24, 2.45) is 0 Å². The molecule has 2 aromatic carbocycles. The topological polar surface area (TPSA) is 20.3 Å². The summed E-state index contributed by atoms with van der Waals surface area (Å²) in [5.74, 6) is 0. The first-order chi connectivity index (χ1) is 12.0. The molecular weight excluding hydrogens is 306 g/mol. The van der Waals surface area contributed by atoms with E-state index in [9.17, 15) is 4.79 Å². The summed E-state index contributed by atoms with van der Waals surface area (Å²) in [6.45, 7) is 3.85. The summed E-state index contributed by atoms with van der Waals surface area (Å²) < 4.78 is 0. The maximum absolute atomic E-state index is 10.5. The van der Waals surface area contributed by atoms with Crippen LogP contribution in [-0.4, -0.2) is 20.4 Å². The van der Waals surface area contributed by atoms with Crippen molar-refractivity contribution in [2.75, 3.05) is 19.0 Å². The number of benzene rings is 2. The Kier molecular flexibility index (Phi) is 6.53. The lowest BCUT2D eigenvalue weighted by Crippen LogP contribution is -2.09. The van der Waals surface area contributed by atoms with Crippen molar-refractivity contribution in [3.05, 3.63) is 83.5 Å². The van der Waals surface area contributed by atoms with E-state index < -0.39 is 0 Å². The summed E-state index contributed by atoms with van der Waals surface area (Å²) in [6, 6.07) is 12.8. The summed E-state index contributed by atoms with van der Waals surface area (Å²) in [5, 5.41) is 2.50. The van der Waals surface area contributed by atoms with E-state index in [1.54, 1.807) is 13.0 Å². The number of hydrogen-bond donors (Lipinski definition) is 0. The second-order valence-corrected chi connectivity index (χ2v) is 6.27. The Balaban J connectivity index is 2.27. The Morgan fingerprint density at radius 3 is 2.16 bits per heavy atom. The predicted molar refractivity (Wildman–Crippen MR) is 110 cm³/mol. The van der Waals surface area contributed by atoms with Crippen LogP contribution in [0, 0.1) is 0 Å². The van der Waals surface area contributed by atoms with E-state index in [1.165, 1.54) is 22.0 Å².